The van der Waals surface area contributed by atoms with Gasteiger partial charge < -0.3 is 10.6 Å². The Kier molecular flexibility index (Phi) is 4.77. The molecule has 0 radical (unpaired) electrons. The van der Waals surface area contributed by atoms with Gasteiger partial charge in [0.2, 0.25) is 5.91 Å². The monoisotopic (exact) mass is 352 g/mol. The highest BCUT2D eigenvalue weighted by Crippen LogP contribution is 2.51. The lowest BCUT2D eigenvalue weighted by Crippen LogP contribution is -2.34. The summed E-state index contributed by atoms with van der Waals surface area (Å²) in [6.45, 7) is 1.57. The molecule has 1 amide bonds. The highest BCUT2D eigenvalue weighted by atomic mass is 19.1. The Morgan fingerprint density at radius 2 is 1.88 bits per heavy atom. The Labute approximate surface area is 154 Å². The molecule has 2 fully saturated rings. The fourth-order valence-electron chi connectivity index (χ4n) is 4.11. The van der Waals surface area contributed by atoms with Crippen LogP contribution in [-0.2, 0) is 4.79 Å². The van der Waals surface area contributed by atoms with Gasteiger partial charge in [0.15, 0.2) is 0 Å². The van der Waals surface area contributed by atoms with Crippen molar-refractivity contribution < 1.29 is 9.18 Å². The molecule has 0 spiro atoms. The van der Waals surface area contributed by atoms with Crippen LogP contribution in [0.5, 0.6) is 0 Å². The fraction of sp³-hybridized carbons (Fsp3) is 0.409. The van der Waals surface area contributed by atoms with Crippen LogP contribution in [-0.4, -0.2) is 29.9 Å². The van der Waals surface area contributed by atoms with E-state index in [0.29, 0.717) is 0 Å². The van der Waals surface area contributed by atoms with E-state index in [1.54, 1.807) is 6.07 Å². The van der Waals surface area contributed by atoms with Crippen LogP contribution in [0.3, 0.4) is 0 Å². The molecule has 136 valence electrons. The second kappa shape index (κ2) is 7.20. The molecule has 1 saturated carbocycles. The quantitative estimate of drug-likeness (QED) is 0.909. The summed E-state index contributed by atoms with van der Waals surface area (Å²) >= 11 is 0. The average Bonchev–Trinajstić information content (AvgIpc) is 3.47. The highest BCUT2D eigenvalue weighted by Gasteiger charge is 2.46. The molecule has 3 unspecified atom stereocenters. The Morgan fingerprint density at radius 3 is 2.69 bits per heavy atom. The number of rotatable bonds is 3. The van der Waals surface area contributed by atoms with E-state index in [2.05, 4.69) is 0 Å². The molecule has 3 nitrogen and oxygen atoms in total. The summed E-state index contributed by atoms with van der Waals surface area (Å²) in [4.78, 5) is 14.9. The van der Waals surface area contributed by atoms with Gasteiger partial charge in [-0.3, -0.25) is 4.79 Å². The maximum absolute atomic E-state index is 13.9. The number of halogens is 1. The smallest absolute Gasteiger partial charge is 0.226 e. The molecular weight excluding hydrogens is 327 g/mol. The van der Waals surface area contributed by atoms with E-state index in [1.165, 1.54) is 6.07 Å². The number of benzene rings is 2. The van der Waals surface area contributed by atoms with E-state index >= 15 is 0 Å². The predicted molar refractivity (Wildman–Crippen MR) is 101 cm³/mol. The number of carbonyl (C=O) groups is 1. The van der Waals surface area contributed by atoms with Gasteiger partial charge >= 0.3 is 0 Å². The molecule has 0 aromatic heterocycles. The summed E-state index contributed by atoms with van der Waals surface area (Å²) in [6, 6.07) is 15.0. The van der Waals surface area contributed by atoms with Crippen LogP contribution in [0.2, 0.25) is 0 Å². The summed E-state index contributed by atoms with van der Waals surface area (Å²) in [5, 5.41) is 0. The first-order valence-corrected chi connectivity index (χ1v) is 9.52. The Bertz CT molecular complexity index is 792. The largest absolute Gasteiger partial charge is 0.342 e. The van der Waals surface area contributed by atoms with Crippen molar-refractivity contribution in [3.05, 3.63) is 59.9 Å². The van der Waals surface area contributed by atoms with Crippen LogP contribution in [0, 0.1) is 11.7 Å². The van der Waals surface area contributed by atoms with Crippen LogP contribution >= 0.6 is 0 Å². The number of hydrogen-bond donors (Lipinski definition) is 1. The predicted octanol–water partition coefficient (Wildman–Crippen LogP) is 3.94. The van der Waals surface area contributed by atoms with Gasteiger partial charge in [0.05, 0.1) is 0 Å². The van der Waals surface area contributed by atoms with Crippen LogP contribution in [0.15, 0.2) is 48.5 Å². The zero-order valence-corrected chi connectivity index (χ0v) is 14.9. The van der Waals surface area contributed by atoms with Crippen molar-refractivity contribution in [2.24, 2.45) is 11.7 Å². The van der Waals surface area contributed by atoms with Crippen molar-refractivity contribution in [1.29, 1.82) is 0 Å². The number of carbonyl (C=O) groups excluding carboxylic acids is 1. The Hall–Kier alpha value is -2.20. The highest BCUT2D eigenvalue weighted by molar-refractivity contribution is 5.84. The molecular formula is C22H25FN2O. The Balaban J connectivity index is 1.54. The molecule has 1 aliphatic carbocycles. The number of nitrogens with zero attached hydrogens (tertiary/aromatic N) is 1. The van der Waals surface area contributed by atoms with E-state index in [1.807, 2.05) is 41.3 Å². The maximum Gasteiger partial charge on any atom is 0.226 e. The first-order valence-electron chi connectivity index (χ1n) is 9.52. The minimum absolute atomic E-state index is 0.0252. The first kappa shape index (κ1) is 17.2. The molecule has 4 heteroatoms. The molecule has 2 aliphatic rings. The minimum Gasteiger partial charge on any atom is -0.342 e. The van der Waals surface area contributed by atoms with E-state index in [-0.39, 0.29) is 29.6 Å². The van der Waals surface area contributed by atoms with Crippen LogP contribution in [0.4, 0.5) is 4.39 Å². The lowest BCUT2D eigenvalue weighted by Gasteiger charge is -2.21. The topological polar surface area (TPSA) is 46.3 Å². The van der Waals surface area contributed by atoms with Crippen LogP contribution in [0.1, 0.15) is 37.2 Å². The third-order valence-corrected chi connectivity index (χ3v) is 5.69. The summed E-state index contributed by atoms with van der Waals surface area (Å²) in [7, 11) is 0. The molecule has 0 bridgehead atoms. The van der Waals surface area contributed by atoms with Gasteiger partial charge in [-0.15, -0.1) is 0 Å². The number of amides is 1. The first-order chi connectivity index (χ1) is 12.6. The SMILES string of the molecule is NC1CCCN(C(=O)C2CC2c2ccc(F)cc2-c2ccccc2)CC1. The molecule has 4 rings (SSSR count). The van der Waals surface area contributed by atoms with Crippen molar-refractivity contribution in [1.82, 2.24) is 4.90 Å². The lowest BCUT2D eigenvalue weighted by molar-refractivity contribution is -0.132. The molecule has 2 N–H and O–H groups in total. The molecule has 1 aliphatic heterocycles. The lowest BCUT2D eigenvalue weighted by atomic mass is 9.95. The standard InChI is InChI=1S/C22H25FN2O/c23-16-8-9-18(19(13-16)15-5-2-1-3-6-15)20-14-21(20)22(26)25-11-4-7-17(24)10-12-25/h1-3,5-6,8-9,13,17,20-21H,4,7,10-12,14,24H2. The normalized spacial score (nSPS) is 25.6. The van der Waals surface area contributed by atoms with Crippen molar-refractivity contribution in [2.75, 3.05) is 13.1 Å². The van der Waals surface area contributed by atoms with Crippen molar-refractivity contribution >= 4 is 5.91 Å². The third kappa shape index (κ3) is 3.51. The second-order valence-electron chi connectivity index (χ2n) is 7.56. The molecule has 1 heterocycles. The summed E-state index contributed by atoms with van der Waals surface area (Å²) < 4.78 is 13.9. The van der Waals surface area contributed by atoms with Crippen LogP contribution in [0.25, 0.3) is 11.1 Å². The van der Waals surface area contributed by atoms with Gasteiger partial charge in [0.25, 0.3) is 0 Å². The zero-order valence-electron chi connectivity index (χ0n) is 14.9. The maximum atomic E-state index is 13.9. The molecule has 2 aromatic rings. The van der Waals surface area contributed by atoms with E-state index in [4.69, 9.17) is 5.73 Å². The number of hydrogen-bond acceptors (Lipinski definition) is 2. The van der Waals surface area contributed by atoms with E-state index < -0.39 is 0 Å². The fourth-order valence-corrected chi connectivity index (χ4v) is 4.11. The van der Waals surface area contributed by atoms with Crippen LogP contribution < -0.4 is 5.73 Å². The minimum atomic E-state index is -0.238. The average molecular weight is 352 g/mol. The van der Waals surface area contributed by atoms with Gasteiger partial charge in [-0.05, 0) is 60.4 Å². The number of likely N-dealkylation sites (tertiary alicyclic amines) is 1. The summed E-state index contributed by atoms with van der Waals surface area (Å²) in [5.41, 5.74) is 9.02. The van der Waals surface area contributed by atoms with E-state index in [9.17, 15) is 9.18 Å². The zero-order chi connectivity index (χ0) is 18.1. The van der Waals surface area contributed by atoms with Gasteiger partial charge in [0.1, 0.15) is 5.82 Å². The van der Waals surface area contributed by atoms with Crippen molar-refractivity contribution in [3.63, 3.8) is 0 Å². The third-order valence-electron chi connectivity index (χ3n) is 5.69. The van der Waals surface area contributed by atoms with Crippen molar-refractivity contribution in [2.45, 2.75) is 37.6 Å². The summed E-state index contributed by atoms with van der Waals surface area (Å²) in [5.74, 6) is 0.220. The molecule has 1 saturated heterocycles. The van der Waals surface area contributed by atoms with Gasteiger partial charge in [-0.25, -0.2) is 4.39 Å². The Morgan fingerprint density at radius 1 is 1.08 bits per heavy atom. The van der Waals surface area contributed by atoms with Gasteiger partial charge in [0, 0.05) is 25.0 Å². The molecule has 3 atom stereocenters. The molecule has 2 aromatic carbocycles. The number of nitrogens with two attached hydrogens (primary N) is 1. The van der Waals surface area contributed by atoms with E-state index in [0.717, 1.165) is 55.5 Å². The second-order valence-corrected chi connectivity index (χ2v) is 7.56. The van der Waals surface area contributed by atoms with Crippen molar-refractivity contribution in [3.8, 4) is 11.1 Å². The summed E-state index contributed by atoms with van der Waals surface area (Å²) in [6.07, 6.45) is 3.71. The van der Waals surface area contributed by atoms with Gasteiger partial charge in [-0.1, -0.05) is 36.4 Å². The van der Waals surface area contributed by atoms with Gasteiger partial charge in [-0.2, -0.15) is 0 Å². The molecule has 26 heavy (non-hydrogen) atoms.